The Morgan fingerprint density at radius 2 is 2.00 bits per heavy atom. The highest BCUT2D eigenvalue weighted by Gasteiger charge is 2.15. The summed E-state index contributed by atoms with van der Waals surface area (Å²) in [7, 11) is 0. The first kappa shape index (κ1) is 18.7. The van der Waals surface area contributed by atoms with Crippen LogP contribution >= 0.6 is 11.6 Å². The number of rotatable bonds is 6. The average molecular weight is 384 g/mol. The van der Waals surface area contributed by atoms with Crippen molar-refractivity contribution in [3.05, 3.63) is 77.0 Å². The van der Waals surface area contributed by atoms with Gasteiger partial charge >= 0.3 is 5.97 Å². The van der Waals surface area contributed by atoms with Crippen molar-refractivity contribution in [3.63, 3.8) is 0 Å². The molecule has 1 amide bonds. The fourth-order valence-corrected chi connectivity index (χ4v) is 2.73. The van der Waals surface area contributed by atoms with Gasteiger partial charge in [-0.15, -0.1) is 0 Å². The molecule has 2 aromatic carbocycles. The largest absolute Gasteiger partial charge is 0.459 e. The first-order valence-electron chi connectivity index (χ1n) is 8.39. The zero-order valence-corrected chi connectivity index (χ0v) is 15.4. The van der Waals surface area contributed by atoms with E-state index in [1.165, 1.54) is 6.08 Å². The number of ether oxygens (including phenoxy) is 1. The Kier molecular flexibility index (Phi) is 5.94. The van der Waals surface area contributed by atoms with Crippen LogP contribution in [0, 0.1) is 0 Å². The van der Waals surface area contributed by atoms with Crippen LogP contribution in [0.2, 0.25) is 5.02 Å². The molecule has 1 N–H and O–H groups in total. The molecule has 138 valence electrons. The first-order valence-corrected chi connectivity index (χ1v) is 8.77. The van der Waals surface area contributed by atoms with Crippen molar-refractivity contribution in [2.75, 3.05) is 6.61 Å². The van der Waals surface area contributed by atoms with Crippen molar-refractivity contribution in [1.82, 2.24) is 5.32 Å². The van der Waals surface area contributed by atoms with Gasteiger partial charge in [0.25, 0.3) is 5.91 Å². The maximum Gasteiger partial charge on any atom is 0.331 e. The number of furan rings is 1. The van der Waals surface area contributed by atoms with Gasteiger partial charge in [0.05, 0.1) is 6.04 Å². The molecule has 0 spiro atoms. The lowest BCUT2D eigenvalue weighted by Gasteiger charge is -2.11. The number of para-hydroxylation sites is 1. The van der Waals surface area contributed by atoms with Crippen molar-refractivity contribution >= 4 is 40.5 Å². The van der Waals surface area contributed by atoms with Crippen molar-refractivity contribution in [3.8, 4) is 0 Å². The molecule has 3 rings (SSSR count). The molecular weight excluding hydrogens is 366 g/mol. The van der Waals surface area contributed by atoms with E-state index in [1.54, 1.807) is 37.3 Å². The van der Waals surface area contributed by atoms with Gasteiger partial charge < -0.3 is 14.5 Å². The minimum Gasteiger partial charge on any atom is -0.459 e. The Morgan fingerprint density at radius 3 is 2.78 bits per heavy atom. The lowest BCUT2D eigenvalue weighted by Crippen LogP contribution is -2.30. The summed E-state index contributed by atoms with van der Waals surface area (Å²) in [6.45, 7) is 1.43. The smallest absolute Gasteiger partial charge is 0.331 e. The Labute approximate surface area is 161 Å². The second-order valence-corrected chi connectivity index (χ2v) is 6.41. The summed E-state index contributed by atoms with van der Waals surface area (Å²) in [6.07, 6.45) is 2.82. The van der Waals surface area contributed by atoms with E-state index >= 15 is 0 Å². The van der Waals surface area contributed by atoms with Gasteiger partial charge in [0.2, 0.25) is 0 Å². The zero-order chi connectivity index (χ0) is 19.2. The van der Waals surface area contributed by atoms with E-state index in [9.17, 15) is 9.59 Å². The van der Waals surface area contributed by atoms with E-state index in [2.05, 4.69) is 5.32 Å². The summed E-state index contributed by atoms with van der Waals surface area (Å²) in [5.41, 5.74) is 1.52. The zero-order valence-electron chi connectivity index (χ0n) is 14.6. The standard InChI is InChI=1S/C21H18ClNO4/c1-14(19-12-16-6-2-3-8-18(16)27-19)23-20(24)13-26-21(25)10-9-15-5-4-7-17(22)11-15/h2-12,14H,13H2,1H3,(H,23,24)/b10-9+/t14-/m1/s1. The number of carbonyl (C=O) groups is 2. The molecule has 0 bridgehead atoms. The number of hydrogen-bond donors (Lipinski definition) is 1. The van der Waals surface area contributed by atoms with Crippen molar-refractivity contribution < 1.29 is 18.7 Å². The normalized spacial score (nSPS) is 12.2. The maximum absolute atomic E-state index is 12.0. The molecule has 0 aliphatic carbocycles. The summed E-state index contributed by atoms with van der Waals surface area (Å²) < 4.78 is 10.7. The number of benzene rings is 2. The molecule has 1 aromatic heterocycles. The minimum absolute atomic E-state index is 0.342. The molecule has 3 aromatic rings. The van der Waals surface area contributed by atoms with Crippen LogP contribution in [-0.4, -0.2) is 18.5 Å². The molecule has 6 heteroatoms. The number of carbonyl (C=O) groups excluding carboxylic acids is 2. The van der Waals surface area contributed by atoms with Crippen molar-refractivity contribution in [1.29, 1.82) is 0 Å². The fraction of sp³-hybridized carbons (Fsp3) is 0.143. The molecule has 1 heterocycles. The maximum atomic E-state index is 12.0. The molecule has 0 aliphatic heterocycles. The molecule has 5 nitrogen and oxygen atoms in total. The highest BCUT2D eigenvalue weighted by atomic mass is 35.5. The second-order valence-electron chi connectivity index (χ2n) is 5.97. The number of amides is 1. The van der Waals surface area contributed by atoms with E-state index < -0.39 is 11.9 Å². The van der Waals surface area contributed by atoms with Gasteiger partial charge in [-0.05, 0) is 42.8 Å². The van der Waals surface area contributed by atoms with Gasteiger partial charge in [-0.2, -0.15) is 0 Å². The Hall–Kier alpha value is -3.05. The Morgan fingerprint density at radius 1 is 1.19 bits per heavy atom. The average Bonchev–Trinajstić information content (AvgIpc) is 3.09. The first-order chi connectivity index (χ1) is 13.0. The predicted molar refractivity (Wildman–Crippen MR) is 104 cm³/mol. The number of esters is 1. The number of nitrogens with one attached hydrogen (secondary N) is 1. The lowest BCUT2D eigenvalue weighted by atomic mass is 10.2. The molecule has 0 unspecified atom stereocenters. The SMILES string of the molecule is C[C@@H](NC(=O)COC(=O)/C=C/c1cccc(Cl)c1)c1cc2ccccc2o1. The topological polar surface area (TPSA) is 68.5 Å². The van der Waals surface area contributed by atoms with Crippen molar-refractivity contribution in [2.24, 2.45) is 0 Å². The van der Waals surface area contributed by atoms with E-state index in [1.807, 2.05) is 30.3 Å². The summed E-state index contributed by atoms with van der Waals surface area (Å²) in [5.74, 6) is -0.384. The Bertz CT molecular complexity index is 960. The third kappa shape index (κ3) is 5.21. The summed E-state index contributed by atoms with van der Waals surface area (Å²) >= 11 is 5.88. The quantitative estimate of drug-likeness (QED) is 0.502. The number of fused-ring (bicyclic) bond motifs is 1. The van der Waals surface area contributed by atoms with Gasteiger partial charge in [-0.1, -0.05) is 41.9 Å². The number of halogens is 1. The van der Waals surface area contributed by atoms with Crippen LogP contribution in [0.25, 0.3) is 17.0 Å². The van der Waals surface area contributed by atoms with Crippen LogP contribution in [0.5, 0.6) is 0 Å². The third-order valence-electron chi connectivity index (χ3n) is 3.85. The van der Waals surface area contributed by atoms with E-state index in [0.717, 1.165) is 16.5 Å². The number of hydrogen-bond acceptors (Lipinski definition) is 4. The van der Waals surface area contributed by atoms with Gasteiger partial charge in [0.1, 0.15) is 11.3 Å². The second kappa shape index (κ2) is 8.56. The summed E-state index contributed by atoms with van der Waals surface area (Å²) in [5, 5.41) is 4.28. The van der Waals surface area contributed by atoms with E-state index in [-0.39, 0.29) is 12.6 Å². The van der Waals surface area contributed by atoms with E-state index in [4.69, 9.17) is 20.8 Å². The van der Waals surface area contributed by atoms with Gasteiger partial charge in [0.15, 0.2) is 6.61 Å². The predicted octanol–water partition coefficient (Wildman–Crippen LogP) is 4.52. The van der Waals surface area contributed by atoms with E-state index in [0.29, 0.717) is 10.8 Å². The monoisotopic (exact) mass is 383 g/mol. The molecule has 1 atom stereocenters. The Balaban J connectivity index is 1.49. The van der Waals surface area contributed by atoms with Crippen LogP contribution in [0.15, 0.2) is 65.1 Å². The molecule has 27 heavy (non-hydrogen) atoms. The van der Waals surface area contributed by atoms with Crippen LogP contribution in [0.3, 0.4) is 0 Å². The highest BCUT2D eigenvalue weighted by molar-refractivity contribution is 6.30. The molecule has 0 saturated carbocycles. The van der Waals surface area contributed by atoms with Crippen LogP contribution < -0.4 is 5.32 Å². The van der Waals surface area contributed by atoms with Gasteiger partial charge in [-0.25, -0.2) is 4.79 Å². The van der Waals surface area contributed by atoms with Gasteiger partial charge in [-0.3, -0.25) is 4.79 Å². The summed E-state index contributed by atoms with van der Waals surface area (Å²) in [4.78, 5) is 23.7. The van der Waals surface area contributed by atoms with Crippen LogP contribution in [-0.2, 0) is 14.3 Å². The fourth-order valence-electron chi connectivity index (χ4n) is 2.53. The lowest BCUT2D eigenvalue weighted by molar-refractivity contribution is -0.144. The molecular formula is C21H18ClNO4. The van der Waals surface area contributed by atoms with Crippen molar-refractivity contribution in [2.45, 2.75) is 13.0 Å². The molecule has 0 fully saturated rings. The minimum atomic E-state index is -0.610. The molecule has 0 saturated heterocycles. The van der Waals surface area contributed by atoms with Gasteiger partial charge in [0, 0.05) is 16.5 Å². The third-order valence-corrected chi connectivity index (χ3v) is 4.09. The molecule has 0 aliphatic rings. The summed E-state index contributed by atoms with van der Waals surface area (Å²) in [6, 6.07) is 16.2. The van der Waals surface area contributed by atoms with Crippen LogP contribution in [0.1, 0.15) is 24.3 Å². The molecule has 0 radical (unpaired) electrons. The highest BCUT2D eigenvalue weighted by Crippen LogP contribution is 2.23. The van der Waals surface area contributed by atoms with Crippen LogP contribution in [0.4, 0.5) is 0 Å².